The number of allylic oxidation sites excluding steroid dienone is 1. The van der Waals surface area contributed by atoms with E-state index in [2.05, 4.69) is 24.6 Å². The van der Waals surface area contributed by atoms with Gasteiger partial charge in [-0.25, -0.2) is 0 Å². The number of benzene rings is 1. The van der Waals surface area contributed by atoms with E-state index in [-0.39, 0.29) is 0 Å². The first-order chi connectivity index (χ1) is 8.26. The average molecular weight is 229 g/mol. The summed E-state index contributed by atoms with van der Waals surface area (Å²) in [5.41, 5.74) is 3.55. The van der Waals surface area contributed by atoms with Crippen molar-refractivity contribution < 1.29 is 4.74 Å². The van der Waals surface area contributed by atoms with Crippen molar-refractivity contribution in [1.29, 1.82) is 0 Å². The molecule has 0 unspecified atom stereocenters. The Morgan fingerprint density at radius 2 is 2.24 bits per heavy atom. The van der Waals surface area contributed by atoms with E-state index in [1.807, 2.05) is 18.3 Å². The van der Waals surface area contributed by atoms with E-state index in [0.717, 1.165) is 17.7 Å². The predicted molar refractivity (Wildman–Crippen MR) is 73.4 cm³/mol. The number of hydrogen-bond acceptors (Lipinski definition) is 1. The Labute approximate surface area is 102 Å². The smallest absolute Gasteiger partial charge is 0.119 e. The van der Waals surface area contributed by atoms with Gasteiger partial charge in [0.05, 0.1) is 7.11 Å². The van der Waals surface area contributed by atoms with Crippen LogP contribution >= 0.6 is 0 Å². The molecular formula is C15H19NO. The summed E-state index contributed by atoms with van der Waals surface area (Å²) in [6.45, 7) is 6.38. The number of aromatic nitrogens is 1. The number of nitrogens with one attached hydrogen (secondary N) is 1. The maximum absolute atomic E-state index is 5.26. The second-order valence-corrected chi connectivity index (χ2v) is 4.32. The minimum absolute atomic E-state index is 0.890. The van der Waals surface area contributed by atoms with E-state index in [1.54, 1.807) is 7.11 Å². The fourth-order valence-electron chi connectivity index (χ4n) is 2.04. The molecule has 0 saturated heterocycles. The largest absolute Gasteiger partial charge is 0.497 e. The summed E-state index contributed by atoms with van der Waals surface area (Å²) >= 11 is 0. The third-order valence-electron chi connectivity index (χ3n) is 3.10. The number of aromatic amines is 1. The Balaban J connectivity index is 2.36. The van der Waals surface area contributed by atoms with Crippen molar-refractivity contribution in [1.82, 2.24) is 4.98 Å². The van der Waals surface area contributed by atoms with Crippen LogP contribution in [0.3, 0.4) is 0 Å². The summed E-state index contributed by atoms with van der Waals surface area (Å²) in [6, 6.07) is 6.08. The highest BCUT2D eigenvalue weighted by atomic mass is 16.5. The van der Waals surface area contributed by atoms with Crippen LogP contribution in [-0.2, 0) is 0 Å². The fourth-order valence-corrected chi connectivity index (χ4v) is 2.04. The van der Waals surface area contributed by atoms with Crippen molar-refractivity contribution in [2.45, 2.75) is 26.2 Å². The van der Waals surface area contributed by atoms with Gasteiger partial charge in [-0.2, -0.15) is 0 Å². The lowest BCUT2D eigenvalue weighted by atomic mass is 10.0. The van der Waals surface area contributed by atoms with Crippen molar-refractivity contribution in [3.63, 3.8) is 0 Å². The summed E-state index contributed by atoms with van der Waals surface area (Å²) in [7, 11) is 1.69. The standard InChI is InChI=1S/C15H19NO/c1-4-5-6-11(2)14-10-16-15-8-7-12(17-3)9-13(14)15/h7-10,16H,2,4-6H2,1,3H3. The highest BCUT2D eigenvalue weighted by Gasteiger charge is 2.07. The molecule has 1 N–H and O–H groups in total. The third kappa shape index (κ3) is 2.36. The molecule has 17 heavy (non-hydrogen) atoms. The SMILES string of the molecule is C=C(CCCC)c1c[nH]c2ccc(OC)cc12. The molecule has 0 bridgehead atoms. The molecule has 0 aliphatic heterocycles. The van der Waals surface area contributed by atoms with E-state index >= 15 is 0 Å². The summed E-state index contributed by atoms with van der Waals surface area (Å²) < 4.78 is 5.26. The van der Waals surface area contributed by atoms with Crippen molar-refractivity contribution in [2.75, 3.05) is 7.11 Å². The topological polar surface area (TPSA) is 25.0 Å². The summed E-state index contributed by atoms with van der Waals surface area (Å²) in [5, 5.41) is 1.20. The number of unbranched alkanes of at least 4 members (excludes halogenated alkanes) is 1. The minimum atomic E-state index is 0.890. The lowest BCUT2D eigenvalue weighted by Crippen LogP contribution is -1.84. The van der Waals surface area contributed by atoms with Crippen LogP contribution in [0, 0.1) is 0 Å². The average Bonchev–Trinajstić information content (AvgIpc) is 2.78. The maximum Gasteiger partial charge on any atom is 0.119 e. The van der Waals surface area contributed by atoms with E-state index in [9.17, 15) is 0 Å². The quantitative estimate of drug-likeness (QED) is 0.808. The lowest BCUT2D eigenvalue weighted by molar-refractivity contribution is 0.415. The van der Waals surface area contributed by atoms with Crippen LogP contribution in [0.5, 0.6) is 5.75 Å². The Hall–Kier alpha value is -1.70. The van der Waals surface area contributed by atoms with Gasteiger partial charge in [-0.05, 0) is 36.6 Å². The Bertz CT molecular complexity index is 525. The number of hydrogen-bond donors (Lipinski definition) is 1. The van der Waals surface area contributed by atoms with Gasteiger partial charge in [0.25, 0.3) is 0 Å². The van der Waals surface area contributed by atoms with Gasteiger partial charge in [-0.15, -0.1) is 0 Å². The van der Waals surface area contributed by atoms with Crippen LogP contribution in [0.2, 0.25) is 0 Å². The maximum atomic E-state index is 5.26. The summed E-state index contributed by atoms with van der Waals surface area (Å²) in [4.78, 5) is 3.28. The van der Waals surface area contributed by atoms with Crippen LogP contribution in [0.1, 0.15) is 31.7 Å². The zero-order valence-electron chi connectivity index (χ0n) is 10.5. The summed E-state index contributed by atoms with van der Waals surface area (Å²) in [6.07, 6.45) is 5.49. The van der Waals surface area contributed by atoms with Crippen LogP contribution in [0.4, 0.5) is 0 Å². The van der Waals surface area contributed by atoms with Crippen LogP contribution in [-0.4, -0.2) is 12.1 Å². The number of methoxy groups -OCH3 is 1. The number of ether oxygens (including phenoxy) is 1. The molecule has 1 aromatic heterocycles. The molecule has 0 aliphatic rings. The normalized spacial score (nSPS) is 10.7. The molecular weight excluding hydrogens is 210 g/mol. The second kappa shape index (κ2) is 5.09. The minimum Gasteiger partial charge on any atom is -0.497 e. The second-order valence-electron chi connectivity index (χ2n) is 4.32. The van der Waals surface area contributed by atoms with Crippen molar-refractivity contribution in [2.24, 2.45) is 0 Å². The van der Waals surface area contributed by atoms with E-state index in [0.29, 0.717) is 0 Å². The fraction of sp³-hybridized carbons (Fsp3) is 0.333. The molecule has 1 aromatic carbocycles. The van der Waals surface area contributed by atoms with Crippen LogP contribution in [0.25, 0.3) is 16.5 Å². The predicted octanol–water partition coefficient (Wildman–Crippen LogP) is 4.38. The van der Waals surface area contributed by atoms with Gasteiger partial charge in [0, 0.05) is 22.7 Å². The highest BCUT2D eigenvalue weighted by Crippen LogP contribution is 2.29. The van der Waals surface area contributed by atoms with Crippen molar-refractivity contribution >= 4 is 16.5 Å². The molecule has 2 nitrogen and oxygen atoms in total. The Morgan fingerprint density at radius 3 is 2.94 bits per heavy atom. The van der Waals surface area contributed by atoms with Crippen LogP contribution in [0.15, 0.2) is 31.0 Å². The van der Waals surface area contributed by atoms with Gasteiger partial charge in [0.1, 0.15) is 5.75 Å². The molecule has 2 rings (SSSR count). The number of H-pyrrole nitrogens is 1. The Morgan fingerprint density at radius 1 is 1.41 bits per heavy atom. The van der Waals surface area contributed by atoms with Gasteiger partial charge in [-0.1, -0.05) is 19.9 Å². The number of fused-ring (bicyclic) bond motifs is 1. The molecule has 0 aliphatic carbocycles. The van der Waals surface area contributed by atoms with E-state index < -0.39 is 0 Å². The first-order valence-corrected chi connectivity index (χ1v) is 6.09. The molecule has 2 heteroatoms. The molecule has 0 atom stereocenters. The van der Waals surface area contributed by atoms with Gasteiger partial charge in [-0.3, -0.25) is 0 Å². The first kappa shape index (κ1) is 11.8. The van der Waals surface area contributed by atoms with Gasteiger partial charge in [0.2, 0.25) is 0 Å². The van der Waals surface area contributed by atoms with Gasteiger partial charge >= 0.3 is 0 Å². The Kier molecular flexibility index (Phi) is 3.52. The molecule has 0 fully saturated rings. The van der Waals surface area contributed by atoms with Crippen molar-refractivity contribution in [3.8, 4) is 5.75 Å². The molecule has 0 saturated carbocycles. The van der Waals surface area contributed by atoms with Crippen molar-refractivity contribution in [3.05, 3.63) is 36.5 Å². The molecule has 0 spiro atoms. The van der Waals surface area contributed by atoms with Gasteiger partial charge in [0.15, 0.2) is 0 Å². The lowest BCUT2D eigenvalue weighted by Gasteiger charge is -2.04. The molecule has 2 aromatic rings. The highest BCUT2D eigenvalue weighted by molar-refractivity contribution is 5.93. The van der Waals surface area contributed by atoms with Gasteiger partial charge < -0.3 is 9.72 Å². The monoisotopic (exact) mass is 229 g/mol. The van der Waals surface area contributed by atoms with Crippen LogP contribution < -0.4 is 4.74 Å². The first-order valence-electron chi connectivity index (χ1n) is 6.09. The third-order valence-corrected chi connectivity index (χ3v) is 3.10. The molecule has 90 valence electrons. The molecule has 0 amide bonds. The van der Waals surface area contributed by atoms with E-state index in [4.69, 9.17) is 4.74 Å². The zero-order chi connectivity index (χ0) is 12.3. The summed E-state index contributed by atoms with van der Waals surface area (Å²) in [5.74, 6) is 0.890. The molecule has 0 radical (unpaired) electrons. The zero-order valence-corrected chi connectivity index (χ0v) is 10.5. The van der Waals surface area contributed by atoms with E-state index in [1.165, 1.54) is 29.4 Å². The number of rotatable bonds is 5. The molecule has 1 heterocycles.